The van der Waals surface area contributed by atoms with Crippen molar-refractivity contribution in [3.63, 3.8) is 0 Å². The molecule has 0 aliphatic heterocycles. The van der Waals surface area contributed by atoms with Crippen LogP contribution in [0.3, 0.4) is 0 Å². The molecule has 0 saturated heterocycles. The van der Waals surface area contributed by atoms with Gasteiger partial charge >= 0.3 is 5.63 Å². The van der Waals surface area contributed by atoms with Gasteiger partial charge in [0.15, 0.2) is 0 Å². The van der Waals surface area contributed by atoms with Gasteiger partial charge < -0.3 is 13.6 Å². The van der Waals surface area contributed by atoms with Gasteiger partial charge in [0.2, 0.25) is 0 Å². The average Bonchev–Trinajstić information content (AvgIpc) is 3.64. The van der Waals surface area contributed by atoms with Gasteiger partial charge in [0.25, 0.3) is 0 Å². The number of para-hydroxylation sites is 4. The summed E-state index contributed by atoms with van der Waals surface area (Å²) in [6, 6.07) is 55.0. The van der Waals surface area contributed by atoms with E-state index in [2.05, 4.69) is 137 Å². The highest BCUT2D eigenvalue weighted by molar-refractivity contribution is 6.17. The molecule has 0 atom stereocenters. The van der Waals surface area contributed by atoms with Crippen LogP contribution in [0.5, 0.6) is 0 Å². The van der Waals surface area contributed by atoms with E-state index < -0.39 is 0 Å². The van der Waals surface area contributed by atoms with Crippen LogP contribution in [0.4, 0.5) is 0 Å². The zero-order valence-electron chi connectivity index (χ0n) is 25.2. The molecule has 4 heteroatoms. The van der Waals surface area contributed by atoms with Crippen molar-refractivity contribution >= 4 is 65.4 Å². The standard InChI is InChI=1S/C43H26N2O2/c46-43-37-26-41-36(25-35(37)34-15-4-8-19-42(34)47-43)33-14-3-7-18-40(33)45(41)30-11-9-10-28(24-30)27-20-22-29(23-21-27)44-38-16-5-1-12-31(38)32-13-2-6-17-39(32)44/h1-26H. The number of rotatable bonds is 3. The zero-order valence-corrected chi connectivity index (χ0v) is 25.2. The molecule has 4 nitrogen and oxygen atoms in total. The predicted octanol–water partition coefficient (Wildman–Crippen LogP) is 10.8. The summed E-state index contributed by atoms with van der Waals surface area (Å²) in [5.74, 6) is 0. The number of nitrogens with zero attached hydrogens (tertiary/aromatic N) is 2. The van der Waals surface area contributed by atoms with Crippen molar-refractivity contribution < 1.29 is 4.42 Å². The molecular weight excluding hydrogens is 576 g/mol. The van der Waals surface area contributed by atoms with Gasteiger partial charge in [0.1, 0.15) is 5.58 Å². The molecule has 3 heterocycles. The maximum absolute atomic E-state index is 13.2. The van der Waals surface area contributed by atoms with Crippen LogP contribution < -0.4 is 5.63 Å². The highest BCUT2D eigenvalue weighted by Crippen LogP contribution is 2.37. The van der Waals surface area contributed by atoms with Gasteiger partial charge in [-0.1, -0.05) is 97.1 Å². The second-order valence-corrected chi connectivity index (χ2v) is 12.1. The second kappa shape index (κ2) is 9.80. The van der Waals surface area contributed by atoms with Crippen molar-refractivity contribution in [2.75, 3.05) is 0 Å². The molecule has 220 valence electrons. The van der Waals surface area contributed by atoms with E-state index in [4.69, 9.17) is 4.42 Å². The minimum absolute atomic E-state index is 0.325. The molecule has 0 spiro atoms. The van der Waals surface area contributed by atoms with Crippen LogP contribution in [0.25, 0.3) is 87.9 Å². The summed E-state index contributed by atoms with van der Waals surface area (Å²) in [5.41, 5.74) is 9.15. The van der Waals surface area contributed by atoms with E-state index in [0.29, 0.717) is 11.0 Å². The summed E-state index contributed by atoms with van der Waals surface area (Å²) < 4.78 is 10.3. The molecule has 0 radical (unpaired) electrons. The fourth-order valence-corrected chi connectivity index (χ4v) is 7.45. The first-order chi connectivity index (χ1) is 23.2. The normalized spacial score (nSPS) is 11.9. The lowest BCUT2D eigenvalue weighted by atomic mass is 10.0. The van der Waals surface area contributed by atoms with Crippen molar-refractivity contribution in [1.82, 2.24) is 9.13 Å². The molecule has 7 aromatic carbocycles. The Morgan fingerprint density at radius 2 is 0.936 bits per heavy atom. The van der Waals surface area contributed by atoms with Crippen LogP contribution in [-0.4, -0.2) is 9.13 Å². The minimum atomic E-state index is -0.325. The summed E-state index contributed by atoms with van der Waals surface area (Å²) in [7, 11) is 0. The Labute approximate surface area is 268 Å². The molecule has 10 rings (SSSR count). The summed E-state index contributed by atoms with van der Waals surface area (Å²) >= 11 is 0. The highest BCUT2D eigenvalue weighted by atomic mass is 16.4. The topological polar surface area (TPSA) is 40.1 Å². The monoisotopic (exact) mass is 602 g/mol. The van der Waals surface area contributed by atoms with Crippen LogP contribution in [0.15, 0.2) is 167 Å². The molecule has 0 N–H and O–H groups in total. The molecule has 0 aliphatic rings. The fraction of sp³-hybridized carbons (Fsp3) is 0. The number of aromatic nitrogens is 2. The lowest BCUT2D eigenvalue weighted by molar-refractivity contribution is 0.570. The molecule has 0 bridgehead atoms. The Kier molecular flexibility index (Phi) is 5.40. The van der Waals surface area contributed by atoms with Crippen molar-refractivity contribution in [1.29, 1.82) is 0 Å². The van der Waals surface area contributed by atoms with Gasteiger partial charge in [-0.05, 0) is 71.8 Å². The quantitative estimate of drug-likeness (QED) is 0.149. The van der Waals surface area contributed by atoms with Crippen molar-refractivity contribution in [2.45, 2.75) is 0 Å². The summed E-state index contributed by atoms with van der Waals surface area (Å²) in [6.45, 7) is 0. The Morgan fingerprint density at radius 1 is 0.362 bits per heavy atom. The average molecular weight is 603 g/mol. The third kappa shape index (κ3) is 3.79. The van der Waals surface area contributed by atoms with E-state index in [9.17, 15) is 4.79 Å². The molecule has 10 aromatic rings. The van der Waals surface area contributed by atoms with E-state index >= 15 is 0 Å². The summed E-state index contributed by atoms with van der Waals surface area (Å²) in [5, 5.41) is 7.18. The number of benzene rings is 7. The number of fused-ring (bicyclic) bond motifs is 9. The third-order valence-corrected chi connectivity index (χ3v) is 9.55. The van der Waals surface area contributed by atoms with Crippen LogP contribution in [0, 0.1) is 0 Å². The molecule has 0 unspecified atom stereocenters. The highest BCUT2D eigenvalue weighted by Gasteiger charge is 2.17. The van der Waals surface area contributed by atoms with E-state index in [1.54, 1.807) is 0 Å². The van der Waals surface area contributed by atoms with Crippen molar-refractivity contribution in [3.05, 3.63) is 168 Å². The van der Waals surface area contributed by atoms with Crippen LogP contribution in [0.1, 0.15) is 0 Å². The fourth-order valence-electron chi connectivity index (χ4n) is 7.45. The van der Waals surface area contributed by atoms with Crippen molar-refractivity contribution in [3.8, 4) is 22.5 Å². The molecule has 0 aliphatic carbocycles. The van der Waals surface area contributed by atoms with Gasteiger partial charge in [-0.25, -0.2) is 4.79 Å². The third-order valence-electron chi connectivity index (χ3n) is 9.55. The van der Waals surface area contributed by atoms with Crippen molar-refractivity contribution in [2.24, 2.45) is 0 Å². The van der Waals surface area contributed by atoms with E-state index in [-0.39, 0.29) is 5.63 Å². The maximum atomic E-state index is 13.2. The Bertz CT molecular complexity index is 2870. The van der Waals surface area contributed by atoms with E-state index in [0.717, 1.165) is 55.1 Å². The second-order valence-electron chi connectivity index (χ2n) is 12.1. The summed E-state index contributed by atoms with van der Waals surface area (Å²) in [4.78, 5) is 13.2. The lowest BCUT2D eigenvalue weighted by Crippen LogP contribution is -2.01. The predicted molar refractivity (Wildman–Crippen MR) is 194 cm³/mol. The lowest BCUT2D eigenvalue weighted by Gasteiger charge is -2.12. The summed E-state index contributed by atoms with van der Waals surface area (Å²) in [6.07, 6.45) is 0. The van der Waals surface area contributed by atoms with Gasteiger partial charge in [-0.15, -0.1) is 0 Å². The van der Waals surface area contributed by atoms with Gasteiger partial charge in [0.05, 0.1) is 27.5 Å². The Hall–Kier alpha value is -6.39. The maximum Gasteiger partial charge on any atom is 0.344 e. The molecule has 3 aromatic heterocycles. The molecule has 0 saturated carbocycles. The molecule has 0 amide bonds. The molecule has 0 fully saturated rings. The van der Waals surface area contributed by atoms with Gasteiger partial charge in [0, 0.05) is 43.7 Å². The van der Waals surface area contributed by atoms with E-state index in [1.807, 2.05) is 30.3 Å². The Balaban J connectivity index is 1.14. The number of hydrogen-bond acceptors (Lipinski definition) is 2. The van der Waals surface area contributed by atoms with Crippen LogP contribution in [0.2, 0.25) is 0 Å². The van der Waals surface area contributed by atoms with Gasteiger partial charge in [-0.2, -0.15) is 0 Å². The minimum Gasteiger partial charge on any atom is -0.422 e. The first kappa shape index (κ1) is 25.9. The molecule has 47 heavy (non-hydrogen) atoms. The number of hydrogen-bond donors (Lipinski definition) is 0. The van der Waals surface area contributed by atoms with Gasteiger partial charge in [-0.3, -0.25) is 0 Å². The van der Waals surface area contributed by atoms with Crippen LogP contribution >= 0.6 is 0 Å². The van der Waals surface area contributed by atoms with Crippen LogP contribution in [-0.2, 0) is 0 Å². The zero-order chi connectivity index (χ0) is 31.1. The first-order valence-electron chi connectivity index (χ1n) is 15.8. The SMILES string of the molecule is O=c1oc2ccccc2c2cc3c4ccccc4n(-c4cccc(-c5ccc(-n6c7ccccc7c7ccccc76)cc5)c4)c3cc12. The largest absolute Gasteiger partial charge is 0.422 e. The first-order valence-corrected chi connectivity index (χ1v) is 15.8. The Morgan fingerprint density at radius 3 is 1.62 bits per heavy atom. The molecular formula is C43H26N2O2. The smallest absolute Gasteiger partial charge is 0.344 e. The van der Waals surface area contributed by atoms with E-state index in [1.165, 1.54) is 21.8 Å².